The molecule has 0 aliphatic carbocycles. The average molecular weight is 399 g/mol. The largest absolute Gasteiger partial charge is 0.466 e. The molecule has 1 aromatic heterocycles. The molecule has 1 atom stereocenters. The minimum atomic E-state index is -0.245. The van der Waals surface area contributed by atoms with Crippen LogP contribution in [0.2, 0.25) is 0 Å². The summed E-state index contributed by atoms with van der Waals surface area (Å²) >= 11 is 1.49. The monoisotopic (exact) mass is 398 g/mol. The highest BCUT2D eigenvalue weighted by Gasteiger charge is 2.30. The van der Waals surface area contributed by atoms with E-state index in [4.69, 9.17) is 4.74 Å². The molecule has 0 radical (unpaired) electrons. The molecule has 0 spiro atoms. The number of rotatable bonds is 5. The highest BCUT2D eigenvalue weighted by Crippen LogP contribution is 2.31. The summed E-state index contributed by atoms with van der Waals surface area (Å²) in [6.45, 7) is 7.37. The van der Waals surface area contributed by atoms with E-state index in [1.54, 1.807) is 24.1 Å². The molecular formula is C22H26N2O3S. The quantitative estimate of drug-likeness (QED) is 0.704. The Kier molecular flexibility index (Phi) is 6.73. The maximum atomic E-state index is 13.2. The fraction of sp³-hybridized carbons (Fsp3) is 0.409. The number of likely N-dealkylation sites (tertiary alicyclic amines) is 1. The summed E-state index contributed by atoms with van der Waals surface area (Å²) in [5.41, 5.74) is 3.03. The Morgan fingerprint density at radius 1 is 1.25 bits per heavy atom. The van der Waals surface area contributed by atoms with Gasteiger partial charge in [-0.15, -0.1) is 0 Å². The molecule has 0 N–H and O–H groups in total. The number of benzene rings is 1. The van der Waals surface area contributed by atoms with Crippen LogP contribution in [-0.2, 0) is 9.53 Å². The SMILES string of the molecule is CCOC(=O)C1CCCN(C(=O)c2cccnc2Sc2ccc(C)c(C)c2)C1. The van der Waals surface area contributed by atoms with E-state index in [2.05, 4.69) is 31.0 Å². The van der Waals surface area contributed by atoms with E-state index in [-0.39, 0.29) is 17.8 Å². The maximum absolute atomic E-state index is 13.2. The van der Waals surface area contributed by atoms with Crippen molar-refractivity contribution in [1.29, 1.82) is 0 Å². The Hall–Kier alpha value is -2.34. The molecule has 148 valence electrons. The molecule has 3 rings (SSSR count). The third-order valence-electron chi connectivity index (χ3n) is 5.02. The lowest BCUT2D eigenvalue weighted by molar-refractivity contribution is -0.149. The Labute approximate surface area is 170 Å². The number of nitrogens with zero attached hydrogens (tertiary/aromatic N) is 2. The predicted molar refractivity (Wildman–Crippen MR) is 110 cm³/mol. The van der Waals surface area contributed by atoms with Crippen molar-refractivity contribution in [2.24, 2.45) is 5.92 Å². The van der Waals surface area contributed by atoms with E-state index < -0.39 is 0 Å². The van der Waals surface area contributed by atoms with Crippen molar-refractivity contribution in [3.63, 3.8) is 0 Å². The Morgan fingerprint density at radius 2 is 2.07 bits per heavy atom. The number of esters is 1. The van der Waals surface area contributed by atoms with Gasteiger partial charge in [0.1, 0.15) is 5.03 Å². The number of hydrogen-bond acceptors (Lipinski definition) is 5. The fourth-order valence-electron chi connectivity index (χ4n) is 3.31. The number of piperidine rings is 1. The standard InChI is InChI=1S/C22H26N2O3S/c1-4-27-22(26)17-7-6-12-24(14-17)21(25)19-8-5-11-23-20(19)28-18-10-9-15(2)16(3)13-18/h5,8-11,13,17H,4,6-7,12,14H2,1-3H3. The first kappa shape index (κ1) is 20.4. The van der Waals surface area contributed by atoms with E-state index in [0.717, 1.165) is 17.7 Å². The zero-order chi connectivity index (χ0) is 20.1. The molecule has 28 heavy (non-hydrogen) atoms. The van der Waals surface area contributed by atoms with Gasteiger partial charge in [-0.2, -0.15) is 0 Å². The van der Waals surface area contributed by atoms with Crippen LogP contribution in [0.5, 0.6) is 0 Å². The van der Waals surface area contributed by atoms with Gasteiger partial charge in [-0.3, -0.25) is 9.59 Å². The van der Waals surface area contributed by atoms with E-state index in [9.17, 15) is 9.59 Å². The topological polar surface area (TPSA) is 59.5 Å². The Balaban J connectivity index is 1.78. The summed E-state index contributed by atoms with van der Waals surface area (Å²) in [5.74, 6) is -0.533. The molecule has 1 unspecified atom stereocenters. The van der Waals surface area contributed by atoms with Crippen LogP contribution in [-0.4, -0.2) is 41.5 Å². The van der Waals surface area contributed by atoms with Crippen molar-refractivity contribution in [3.8, 4) is 0 Å². The summed E-state index contributed by atoms with van der Waals surface area (Å²) in [5, 5.41) is 0.689. The normalized spacial score (nSPS) is 16.7. The number of ether oxygens (including phenoxy) is 1. The van der Waals surface area contributed by atoms with Gasteiger partial charge in [0.15, 0.2) is 0 Å². The third-order valence-corrected chi connectivity index (χ3v) is 6.03. The number of carbonyl (C=O) groups excluding carboxylic acids is 2. The lowest BCUT2D eigenvalue weighted by Gasteiger charge is -2.31. The summed E-state index contributed by atoms with van der Waals surface area (Å²) in [6.07, 6.45) is 3.27. The smallest absolute Gasteiger partial charge is 0.310 e. The summed E-state index contributed by atoms with van der Waals surface area (Å²) in [4.78, 5) is 32.5. The van der Waals surface area contributed by atoms with Gasteiger partial charge in [0.25, 0.3) is 5.91 Å². The number of aryl methyl sites for hydroxylation is 2. The minimum Gasteiger partial charge on any atom is -0.466 e. The summed E-state index contributed by atoms with van der Waals surface area (Å²) < 4.78 is 5.15. The number of amides is 1. The van der Waals surface area contributed by atoms with Gasteiger partial charge >= 0.3 is 5.97 Å². The fourth-order valence-corrected chi connectivity index (χ4v) is 4.28. The number of carbonyl (C=O) groups is 2. The van der Waals surface area contributed by atoms with Crippen LogP contribution in [0, 0.1) is 19.8 Å². The van der Waals surface area contributed by atoms with Gasteiger partial charge in [-0.25, -0.2) is 4.98 Å². The zero-order valence-electron chi connectivity index (χ0n) is 16.6. The second kappa shape index (κ2) is 9.24. The molecule has 1 aromatic carbocycles. The maximum Gasteiger partial charge on any atom is 0.310 e. The van der Waals surface area contributed by atoms with Crippen molar-refractivity contribution in [3.05, 3.63) is 53.2 Å². The summed E-state index contributed by atoms with van der Waals surface area (Å²) in [7, 11) is 0. The molecule has 1 saturated heterocycles. The lowest BCUT2D eigenvalue weighted by Crippen LogP contribution is -2.43. The van der Waals surface area contributed by atoms with Gasteiger partial charge in [0.05, 0.1) is 18.1 Å². The molecule has 2 aromatic rings. The molecule has 5 nitrogen and oxygen atoms in total. The molecule has 1 aliphatic rings. The van der Waals surface area contributed by atoms with Gasteiger partial charge in [-0.1, -0.05) is 17.8 Å². The van der Waals surface area contributed by atoms with E-state index in [1.807, 2.05) is 12.1 Å². The van der Waals surface area contributed by atoms with Crippen LogP contribution >= 0.6 is 11.8 Å². The number of pyridine rings is 1. The number of hydrogen-bond donors (Lipinski definition) is 0. The van der Waals surface area contributed by atoms with Gasteiger partial charge in [0, 0.05) is 24.2 Å². The van der Waals surface area contributed by atoms with Crippen molar-refractivity contribution < 1.29 is 14.3 Å². The van der Waals surface area contributed by atoms with Gasteiger partial charge in [-0.05, 0) is 69.0 Å². The van der Waals surface area contributed by atoms with E-state index >= 15 is 0 Å². The van der Waals surface area contributed by atoms with Crippen LogP contribution in [0.4, 0.5) is 0 Å². The lowest BCUT2D eigenvalue weighted by atomic mass is 9.97. The highest BCUT2D eigenvalue weighted by molar-refractivity contribution is 7.99. The van der Waals surface area contributed by atoms with Crippen molar-refractivity contribution in [1.82, 2.24) is 9.88 Å². The van der Waals surface area contributed by atoms with E-state index in [1.165, 1.54) is 22.9 Å². The first-order chi connectivity index (χ1) is 13.5. The molecule has 2 heterocycles. The second-order valence-electron chi connectivity index (χ2n) is 7.05. The Morgan fingerprint density at radius 3 is 2.82 bits per heavy atom. The van der Waals surface area contributed by atoms with E-state index in [0.29, 0.717) is 30.3 Å². The van der Waals surface area contributed by atoms with Crippen LogP contribution in [0.1, 0.15) is 41.3 Å². The average Bonchev–Trinajstić information content (AvgIpc) is 2.71. The first-order valence-corrected chi connectivity index (χ1v) is 10.5. The minimum absolute atomic E-state index is 0.0755. The summed E-state index contributed by atoms with van der Waals surface area (Å²) in [6, 6.07) is 9.84. The van der Waals surface area contributed by atoms with Crippen molar-refractivity contribution in [2.45, 2.75) is 43.5 Å². The van der Waals surface area contributed by atoms with Crippen LogP contribution in [0.15, 0.2) is 46.5 Å². The predicted octanol–water partition coefficient (Wildman–Crippen LogP) is 4.26. The van der Waals surface area contributed by atoms with Gasteiger partial charge in [0.2, 0.25) is 0 Å². The molecule has 0 bridgehead atoms. The Bertz CT molecular complexity index is 869. The highest BCUT2D eigenvalue weighted by atomic mass is 32.2. The molecule has 1 aliphatic heterocycles. The molecule has 0 saturated carbocycles. The van der Waals surface area contributed by atoms with Crippen LogP contribution in [0.25, 0.3) is 0 Å². The van der Waals surface area contributed by atoms with Gasteiger partial charge < -0.3 is 9.64 Å². The second-order valence-corrected chi connectivity index (χ2v) is 8.11. The van der Waals surface area contributed by atoms with Crippen molar-refractivity contribution in [2.75, 3.05) is 19.7 Å². The molecule has 1 amide bonds. The molecular weight excluding hydrogens is 372 g/mol. The third kappa shape index (κ3) is 4.73. The first-order valence-electron chi connectivity index (χ1n) is 9.65. The van der Waals surface area contributed by atoms with Crippen molar-refractivity contribution >= 4 is 23.6 Å². The zero-order valence-corrected chi connectivity index (χ0v) is 17.4. The number of aromatic nitrogens is 1. The molecule has 1 fully saturated rings. The van der Waals surface area contributed by atoms with Crippen LogP contribution in [0.3, 0.4) is 0 Å². The molecule has 6 heteroatoms. The van der Waals surface area contributed by atoms with Crippen LogP contribution < -0.4 is 0 Å².